The van der Waals surface area contributed by atoms with Crippen LogP contribution >= 0.6 is 0 Å². The summed E-state index contributed by atoms with van der Waals surface area (Å²) in [4.78, 5) is 10.5. The summed E-state index contributed by atoms with van der Waals surface area (Å²) in [5, 5.41) is 8.64. The van der Waals surface area contributed by atoms with Gasteiger partial charge in [0.1, 0.15) is 6.04 Å². The molecule has 3 N–H and O–H groups in total. The van der Waals surface area contributed by atoms with Gasteiger partial charge in [-0.25, -0.2) is 0 Å². The van der Waals surface area contributed by atoms with Gasteiger partial charge in [0.2, 0.25) is 0 Å². The average Bonchev–Trinajstić information content (AvgIpc) is 2.65. The fourth-order valence-electron chi connectivity index (χ4n) is 1.37. The van der Waals surface area contributed by atoms with E-state index in [1.807, 2.05) is 6.92 Å². The van der Waals surface area contributed by atoms with Crippen LogP contribution in [0.3, 0.4) is 0 Å². The molecule has 1 aliphatic carbocycles. The number of carboxylic acids is 1. The SMILES string of the molecule is C=C(C)C1(C(N)C(=O)O)CC1. The third kappa shape index (κ3) is 1.16. The second-order valence-corrected chi connectivity index (χ2v) is 3.25. The Labute approximate surface area is 65.9 Å². The molecule has 1 unspecified atom stereocenters. The Morgan fingerprint density at radius 1 is 1.73 bits per heavy atom. The molecule has 3 nitrogen and oxygen atoms in total. The number of aliphatic carboxylic acids is 1. The summed E-state index contributed by atoms with van der Waals surface area (Å²) in [7, 11) is 0. The number of carboxylic acid groups (broad SMARTS) is 1. The first-order chi connectivity index (χ1) is 5.00. The van der Waals surface area contributed by atoms with Gasteiger partial charge < -0.3 is 10.8 Å². The molecule has 0 heterocycles. The normalized spacial score (nSPS) is 22.4. The van der Waals surface area contributed by atoms with E-state index in [1.54, 1.807) is 0 Å². The minimum absolute atomic E-state index is 0.286. The van der Waals surface area contributed by atoms with Crippen molar-refractivity contribution in [2.45, 2.75) is 25.8 Å². The molecule has 1 aliphatic rings. The second kappa shape index (κ2) is 2.34. The third-order valence-corrected chi connectivity index (χ3v) is 2.50. The van der Waals surface area contributed by atoms with Crippen molar-refractivity contribution < 1.29 is 9.90 Å². The number of hydrogen-bond donors (Lipinski definition) is 2. The van der Waals surface area contributed by atoms with Crippen LogP contribution in [0.5, 0.6) is 0 Å². The van der Waals surface area contributed by atoms with Gasteiger partial charge in [-0.3, -0.25) is 4.79 Å². The lowest BCUT2D eigenvalue weighted by molar-refractivity contribution is -0.139. The topological polar surface area (TPSA) is 63.3 Å². The van der Waals surface area contributed by atoms with Crippen LogP contribution in [0.1, 0.15) is 19.8 Å². The van der Waals surface area contributed by atoms with E-state index < -0.39 is 12.0 Å². The van der Waals surface area contributed by atoms with Crippen LogP contribution in [0.25, 0.3) is 0 Å². The van der Waals surface area contributed by atoms with Gasteiger partial charge in [-0.05, 0) is 19.8 Å². The van der Waals surface area contributed by atoms with Crippen LogP contribution in [0.4, 0.5) is 0 Å². The lowest BCUT2D eigenvalue weighted by Crippen LogP contribution is -2.39. The van der Waals surface area contributed by atoms with Gasteiger partial charge in [0.05, 0.1) is 0 Å². The summed E-state index contributed by atoms with van der Waals surface area (Å²) in [5.74, 6) is -0.925. The number of hydrogen-bond acceptors (Lipinski definition) is 2. The predicted molar refractivity (Wildman–Crippen MR) is 42.1 cm³/mol. The molecular formula is C8H13NO2. The lowest BCUT2D eigenvalue weighted by atomic mass is 9.90. The summed E-state index contributed by atoms with van der Waals surface area (Å²) in [6, 6.07) is -0.764. The molecule has 0 spiro atoms. The van der Waals surface area contributed by atoms with Crippen LogP contribution in [0.2, 0.25) is 0 Å². The minimum atomic E-state index is -0.925. The Morgan fingerprint density at radius 3 is 2.27 bits per heavy atom. The van der Waals surface area contributed by atoms with E-state index >= 15 is 0 Å². The Hall–Kier alpha value is -0.830. The minimum Gasteiger partial charge on any atom is -0.480 e. The van der Waals surface area contributed by atoms with Gasteiger partial charge in [0, 0.05) is 5.41 Å². The van der Waals surface area contributed by atoms with Gasteiger partial charge in [-0.2, -0.15) is 0 Å². The van der Waals surface area contributed by atoms with Crippen molar-refractivity contribution >= 4 is 5.97 Å². The van der Waals surface area contributed by atoms with E-state index in [-0.39, 0.29) is 5.41 Å². The molecule has 1 saturated carbocycles. The second-order valence-electron chi connectivity index (χ2n) is 3.25. The van der Waals surface area contributed by atoms with Crippen molar-refractivity contribution in [2.75, 3.05) is 0 Å². The zero-order chi connectivity index (χ0) is 8.65. The monoisotopic (exact) mass is 155 g/mol. The fraction of sp³-hybridized carbons (Fsp3) is 0.625. The maximum absolute atomic E-state index is 10.5. The van der Waals surface area contributed by atoms with E-state index in [1.165, 1.54) is 0 Å². The first-order valence-electron chi connectivity index (χ1n) is 3.65. The molecule has 1 fully saturated rings. The quantitative estimate of drug-likeness (QED) is 0.591. The predicted octanol–water partition coefficient (Wildman–Crippen LogP) is 0.755. The summed E-state index contributed by atoms with van der Waals surface area (Å²) in [5.41, 5.74) is 6.11. The third-order valence-electron chi connectivity index (χ3n) is 2.50. The standard InChI is InChI=1S/C8H13NO2/c1-5(2)8(3-4-8)6(9)7(10)11/h6H,1,3-4,9H2,2H3,(H,10,11). The molecule has 3 heteroatoms. The van der Waals surface area contributed by atoms with Gasteiger partial charge >= 0.3 is 5.97 Å². The molecule has 62 valence electrons. The van der Waals surface area contributed by atoms with E-state index in [0.717, 1.165) is 18.4 Å². The van der Waals surface area contributed by atoms with Crippen molar-refractivity contribution in [1.82, 2.24) is 0 Å². The van der Waals surface area contributed by atoms with Crippen molar-refractivity contribution in [3.05, 3.63) is 12.2 Å². The maximum atomic E-state index is 10.5. The average molecular weight is 155 g/mol. The van der Waals surface area contributed by atoms with Crippen molar-refractivity contribution in [1.29, 1.82) is 0 Å². The Bertz CT molecular complexity index is 206. The first kappa shape index (κ1) is 8.27. The van der Waals surface area contributed by atoms with Crippen molar-refractivity contribution in [2.24, 2.45) is 11.1 Å². The van der Waals surface area contributed by atoms with E-state index in [2.05, 4.69) is 6.58 Å². The van der Waals surface area contributed by atoms with Crippen LogP contribution in [-0.2, 0) is 4.79 Å². The molecule has 0 aromatic rings. The van der Waals surface area contributed by atoms with Crippen LogP contribution in [-0.4, -0.2) is 17.1 Å². The van der Waals surface area contributed by atoms with Gasteiger partial charge in [0.25, 0.3) is 0 Å². The molecule has 1 atom stereocenters. The lowest BCUT2D eigenvalue weighted by Gasteiger charge is -2.19. The molecule has 0 saturated heterocycles. The number of carbonyl (C=O) groups is 1. The maximum Gasteiger partial charge on any atom is 0.321 e. The van der Waals surface area contributed by atoms with E-state index in [9.17, 15) is 4.79 Å². The molecule has 0 bridgehead atoms. The van der Waals surface area contributed by atoms with Crippen molar-refractivity contribution in [3.63, 3.8) is 0 Å². The zero-order valence-electron chi connectivity index (χ0n) is 6.63. The summed E-state index contributed by atoms with van der Waals surface area (Å²) < 4.78 is 0. The summed E-state index contributed by atoms with van der Waals surface area (Å²) >= 11 is 0. The molecule has 0 aromatic heterocycles. The smallest absolute Gasteiger partial charge is 0.321 e. The molecule has 0 aromatic carbocycles. The first-order valence-corrected chi connectivity index (χ1v) is 3.65. The summed E-state index contributed by atoms with van der Waals surface area (Å²) in [6.07, 6.45) is 1.74. The summed E-state index contributed by atoms with van der Waals surface area (Å²) in [6.45, 7) is 5.59. The molecule has 0 amide bonds. The van der Waals surface area contributed by atoms with E-state index in [4.69, 9.17) is 10.8 Å². The zero-order valence-corrected chi connectivity index (χ0v) is 6.63. The van der Waals surface area contributed by atoms with E-state index in [0.29, 0.717) is 0 Å². The molecule has 0 radical (unpaired) electrons. The van der Waals surface area contributed by atoms with Crippen molar-refractivity contribution in [3.8, 4) is 0 Å². The van der Waals surface area contributed by atoms with Crippen LogP contribution in [0, 0.1) is 5.41 Å². The highest BCUT2D eigenvalue weighted by Gasteiger charge is 2.51. The molecule has 11 heavy (non-hydrogen) atoms. The van der Waals surface area contributed by atoms with Gasteiger partial charge in [-0.1, -0.05) is 12.2 Å². The highest BCUT2D eigenvalue weighted by molar-refractivity contribution is 5.76. The Balaban J connectivity index is 2.73. The highest BCUT2D eigenvalue weighted by atomic mass is 16.4. The fourth-order valence-corrected chi connectivity index (χ4v) is 1.37. The molecule has 1 rings (SSSR count). The largest absolute Gasteiger partial charge is 0.480 e. The number of rotatable bonds is 3. The molecular weight excluding hydrogens is 142 g/mol. The molecule has 0 aliphatic heterocycles. The Kier molecular flexibility index (Phi) is 1.76. The van der Waals surface area contributed by atoms with Crippen LogP contribution < -0.4 is 5.73 Å². The van der Waals surface area contributed by atoms with Gasteiger partial charge in [-0.15, -0.1) is 0 Å². The Morgan fingerprint density at radius 2 is 2.18 bits per heavy atom. The highest BCUT2D eigenvalue weighted by Crippen LogP contribution is 2.53. The van der Waals surface area contributed by atoms with Crippen LogP contribution in [0.15, 0.2) is 12.2 Å². The number of nitrogens with two attached hydrogens (primary N) is 1. The van der Waals surface area contributed by atoms with Gasteiger partial charge in [0.15, 0.2) is 0 Å².